The summed E-state index contributed by atoms with van der Waals surface area (Å²) in [5.41, 5.74) is 2.00. The number of pyridine rings is 1. The second-order valence-electron chi connectivity index (χ2n) is 7.73. The third-order valence-corrected chi connectivity index (χ3v) is 6.30. The van der Waals surface area contributed by atoms with Crippen molar-refractivity contribution in [3.8, 4) is 11.1 Å². The van der Waals surface area contributed by atoms with Gasteiger partial charge in [0.2, 0.25) is 11.8 Å². The molecule has 3 aliphatic rings. The minimum absolute atomic E-state index is 0.227. The number of carbonyl (C=O) groups is 3. The summed E-state index contributed by atoms with van der Waals surface area (Å²) in [6.45, 7) is 0.412. The van der Waals surface area contributed by atoms with E-state index in [2.05, 4.69) is 10.3 Å². The van der Waals surface area contributed by atoms with Crippen molar-refractivity contribution in [2.24, 2.45) is 0 Å². The second-order valence-corrected chi connectivity index (χ2v) is 8.11. The Bertz CT molecular complexity index is 1030. The Kier molecular flexibility index (Phi) is 4.10. The Hall–Kier alpha value is -2.93. The van der Waals surface area contributed by atoms with E-state index in [-0.39, 0.29) is 23.4 Å². The Morgan fingerprint density at radius 2 is 2.00 bits per heavy atom. The fraction of sp³-hybridized carbons (Fsp3) is 0.333. The summed E-state index contributed by atoms with van der Waals surface area (Å²) < 4.78 is 5.20. The van der Waals surface area contributed by atoms with Crippen LogP contribution in [-0.2, 0) is 14.3 Å². The third-order valence-electron chi connectivity index (χ3n) is 5.88. The molecule has 1 aromatic carbocycles. The topological polar surface area (TPSA) is 88.6 Å². The molecule has 1 aromatic heterocycles. The fourth-order valence-electron chi connectivity index (χ4n) is 4.08. The first kappa shape index (κ1) is 18.1. The molecule has 8 heteroatoms. The number of benzene rings is 1. The highest BCUT2D eigenvalue weighted by Crippen LogP contribution is 2.48. The highest BCUT2D eigenvalue weighted by atomic mass is 35.5. The predicted molar refractivity (Wildman–Crippen MR) is 106 cm³/mol. The predicted octanol–water partition coefficient (Wildman–Crippen LogP) is 3.41. The summed E-state index contributed by atoms with van der Waals surface area (Å²) in [5.74, 6) is -0.476. The fourth-order valence-corrected chi connectivity index (χ4v) is 4.44. The smallest absolute Gasteiger partial charge is 0.416 e. The van der Waals surface area contributed by atoms with Gasteiger partial charge in [0.15, 0.2) is 0 Å². The summed E-state index contributed by atoms with van der Waals surface area (Å²) in [6, 6.07) is 9.16. The molecule has 2 aromatic rings. The van der Waals surface area contributed by atoms with Gasteiger partial charge in [0.1, 0.15) is 12.4 Å². The average molecular weight is 412 g/mol. The van der Waals surface area contributed by atoms with Crippen molar-refractivity contribution in [1.82, 2.24) is 10.3 Å². The maximum atomic E-state index is 12.2. The van der Waals surface area contributed by atoms with E-state index in [9.17, 15) is 14.4 Å². The number of halogens is 1. The van der Waals surface area contributed by atoms with Crippen molar-refractivity contribution < 1.29 is 19.1 Å². The van der Waals surface area contributed by atoms with Crippen LogP contribution in [-0.4, -0.2) is 35.0 Å². The van der Waals surface area contributed by atoms with Crippen molar-refractivity contribution in [2.75, 3.05) is 11.5 Å². The lowest BCUT2D eigenvalue weighted by atomic mass is 9.88. The lowest BCUT2D eigenvalue weighted by molar-refractivity contribution is -0.134. The van der Waals surface area contributed by atoms with Gasteiger partial charge in [-0.15, -0.1) is 0 Å². The summed E-state index contributed by atoms with van der Waals surface area (Å²) in [6.07, 6.45) is 3.88. The monoisotopic (exact) mass is 411 g/mol. The number of hydrogen-bond donors (Lipinski definition) is 1. The molecular formula is C21H18ClN3O4. The summed E-state index contributed by atoms with van der Waals surface area (Å²) in [4.78, 5) is 41.9. The number of rotatable bonds is 3. The lowest BCUT2D eigenvalue weighted by Crippen LogP contribution is -2.39. The maximum absolute atomic E-state index is 12.2. The average Bonchev–Trinajstić information content (AvgIpc) is 3.41. The van der Waals surface area contributed by atoms with Gasteiger partial charge in [0, 0.05) is 23.7 Å². The molecule has 2 aliphatic heterocycles. The molecule has 3 amide bonds. The number of amides is 3. The lowest BCUT2D eigenvalue weighted by Gasteiger charge is -2.23. The molecule has 7 nitrogen and oxygen atoms in total. The van der Waals surface area contributed by atoms with Crippen molar-refractivity contribution in [3.63, 3.8) is 0 Å². The third kappa shape index (κ3) is 2.97. The van der Waals surface area contributed by atoms with Crippen LogP contribution in [0.3, 0.4) is 0 Å². The molecule has 1 unspecified atom stereocenters. The molecule has 1 spiro atoms. The summed E-state index contributed by atoms with van der Waals surface area (Å²) in [5, 5.41) is 2.84. The minimum Gasteiger partial charge on any atom is -0.447 e. The van der Waals surface area contributed by atoms with Gasteiger partial charge >= 0.3 is 6.09 Å². The van der Waals surface area contributed by atoms with E-state index in [1.807, 2.05) is 24.3 Å². The van der Waals surface area contributed by atoms with Crippen LogP contribution in [0.5, 0.6) is 0 Å². The van der Waals surface area contributed by atoms with Crippen LogP contribution in [0.15, 0.2) is 36.5 Å². The van der Waals surface area contributed by atoms with Crippen LogP contribution in [0.1, 0.15) is 37.2 Å². The molecule has 0 radical (unpaired) electrons. The summed E-state index contributed by atoms with van der Waals surface area (Å²) in [7, 11) is 0. The molecular weight excluding hydrogens is 394 g/mol. The highest BCUT2D eigenvalue weighted by molar-refractivity contribution is 6.34. The van der Waals surface area contributed by atoms with E-state index in [0.29, 0.717) is 35.9 Å². The molecule has 1 aliphatic carbocycles. The van der Waals surface area contributed by atoms with Gasteiger partial charge < -0.3 is 4.74 Å². The second kappa shape index (κ2) is 6.56. The van der Waals surface area contributed by atoms with E-state index in [1.165, 1.54) is 0 Å². The molecule has 0 bridgehead atoms. The standard InChI is InChI=1S/C21H18ClN3O4/c22-18-13(2-1-3-14(18)15-5-7-17(26)24-19(15)27)12-4-6-16(23-10-12)25-20(28)29-11-21(25)8-9-21/h1-4,6,10,15H,5,7-9,11H2,(H,24,26,27). The van der Waals surface area contributed by atoms with Crippen LogP contribution in [0.25, 0.3) is 11.1 Å². The van der Waals surface area contributed by atoms with Gasteiger partial charge in [-0.2, -0.15) is 0 Å². The molecule has 1 atom stereocenters. The molecule has 2 saturated heterocycles. The maximum Gasteiger partial charge on any atom is 0.416 e. The normalized spacial score (nSPS) is 22.6. The first-order chi connectivity index (χ1) is 14.0. The first-order valence-electron chi connectivity index (χ1n) is 9.54. The molecule has 29 heavy (non-hydrogen) atoms. The number of piperidine rings is 1. The number of nitrogens with zero attached hydrogens (tertiary/aromatic N) is 2. The Morgan fingerprint density at radius 3 is 2.69 bits per heavy atom. The van der Waals surface area contributed by atoms with E-state index in [1.54, 1.807) is 17.2 Å². The number of anilines is 1. The van der Waals surface area contributed by atoms with E-state index < -0.39 is 5.92 Å². The quantitative estimate of drug-likeness (QED) is 0.782. The molecule has 1 saturated carbocycles. The van der Waals surface area contributed by atoms with Gasteiger partial charge in [-0.1, -0.05) is 29.8 Å². The summed E-state index contributed by atoms with van der Waals surface area (Å²) >= 11 is 6.65. The van der Waals surface area contributed by atoms with Crippen LogP contribution >= 0.6 is 11.6 Å². The van der Waals surface area contributed by atoms with Gasteiger partial charge in [0.25, 0.3) is 0 Å². The number of cyclic esters (lactones) is 1. The number of aromatic nitrogens is 1. The van der Waals surface area contributed by atoms with Crippen molar-refractivity contribution in [3.05, 3.63) is 47.1 Å². The zero-order chi connectivity index (χ0) is 20.2. The van der Waals surface area contributed by atoms with E-state index in [4.69, 9.17) is 16.3 Å². The van der Waals surface area contributed by atoms with Gasteiger partial charge in [-0.3, -0.25) is 19.8 Å². The molecule has 5 rings (SSSR count). The van der Waals surface area contributed by atoms with Gasteiger partial charge in [-0.25, -0.2) is 9.78 Å². The number of hydrogen-bond acceptors (Lipinski definition) is 5. The highest BCUT2D eigenvalue weighted by Gasteiger charge is 2.57. The number of imide groups is 1. The SMILES string of the molecule is O=C1CCC(c2cccc(-c3ccc(N4C(=O)OCC45CC5)nc3)c2Cl)C(=O)N1. The zero-order valence-corrected chi connectivity index (χ0v) is 16.2. The Balaban J connectivity index is 1.45. The van der Waals surface area contributed by atoms with Gasteiger partial charge in [-0.05, 0) is 37.0 Å². The van der Waals surface area contributed by atoms with Crippen molar-refractivity contribution in [1.29, 1.82) is 0 Å². The number of carbonyl (C=O) groups excluding carboxylic acids is 3. The number of nitrogens with one attached hydrogen (secondary N) is 1. The molecule has 148 valence electrons. The Labute approximate surface area is 172 Å². The largest absolute Gasteiger partial charge is 0.447 e. The molecule has 1 N–H and O–H groups in total. The van der Waals surface area contributed by atoms with E-state index >= 15 is 0 Å². The number of ether oxygens (including phenoxy) is 1. The zero-order valence-electron chi connectivity index (χ0n) is 15.5. The van der Waals surface area contributed by atoms with Crippen LogP contribution in [0, 0.1) is 0 Å². The molecule has 3 heterocycles. The Morgan fingerprint density at radius 1 is 1.17 bits per heavy atom. The van der Waals surface area contributed by atoms with Gasteiger partial charge in [0.05, 0.1) is 16.5 Å². The van der Waals surface area contributed by atoms with E-state index in [0.717, 1.165) is 24.0 Å². The minimum atomic E-state index is -0.457. The van der Waals surface area contributed by atoms with Crippen molar-refractivity contribution in [2.45, 2.75) is 37.1 Å². The van der Waals surface area contributed by atoms with Crippen LogP contribution in [0.4, 0.5) is 10.6 Å². The van der Waals surface area contributed by atoms with Crippen LogP contribution < -0.4 is 10.2 Å². The van der Waals surface area contributed by atoms with Crippen LogP contribution in [0.2, 0.25) is 5.02 Å². The first-order valence-corrected chi connectivity index (χ1v) is 9.92. The van der Waals surface area contributed by atoms with Crippen molar-refractivity contribution >= 4 is 35.3 Å². The molecule has 3 fully saturated rings.